The molecule has 4 aliphatic rings. The quantitative estimate of drug-likeness (QED) is 0.641. The SMILES string of the molecule is C[C@@]1(C2CC2)NC(=O)N(CN2CCN(S(=O)(=O)c3ccc(C4CCCCC4)cc3)CC2)C1=O. The van der Waals surface area contributed by atoms with Crippen molar-refractivity contribution >= 4 is 22.0 Å². The highest BCUT2D eigenvalue weighted by Crippen LogP contribution is 2.42. The average molecular weight is 475 g/mol. The monoisotopic (exact) mass is 474 g/mol. The van der Waals surface area contributed by atoms with Gasteiger partial charge in [-0.2, -0.15) is 4.31 Å². The minimum Gasteiger partial charge on any atom is -0.323 e. The number of nitrogens with zero attached hydrogens (tertiary/aromatic N) is 3. The van der Waals surface area contributed by atoms with E-state index in [0.717, 1.165) is 12.8 Å². The van der Waals surface area contributed by atoms with Crippen LogP contribution in [-0.4, -0.2) is 72.8 Å². The normalized spacial score (nSPS) is 28.3. The van der Waals surface area contributed by atoms with Crippen molar-refractivity contribution in [2.24, 2.45) is 5.92 Å². The van der Waals surface area contributed by atoms with Crippen molar-refractivity contribution in [3.8, 4) is 0 Å². The Labute approximate surface area is 196 Å². The number of carbonyl (C=O) groups excluding carboxylic acids is 2. The van der Waals surface area contributed by atoms with Crippen LogP contribution in [0.5, 0.6) is 0 Å². The Hall–Kier alpha value is -1.97. The van der Waals surface area contributed by atoms with E-state index in [2.05, 4.69) is 5.32 Å². The standard InChI is InChI=1S/C24H34N4O4S/c1-24(20-9-10-20)22(29)28(23(30)25-24)17-26-13-15-27(16-14-26)33(31,32)21-11-7-19(8-12-21)18-5-3-2-4-6-18/h7-8,11-12,18,20H,2-6,9-10,13-17H2,1H3,(H,25,30)/t24-/m0/s1. The van der Waals surface area contributed by atoms with Crippen LogP contribution in [0, 0.1) is 5.92 Å². The summed E-state index contributed by atoms with van der Waals surface area (Å²) >= 11 is 0. The van der Waals surface area contributed by atoms with Crippen molar-refractivity contribution in [3.05, 3.63) is 29.8 Å². The second kappa shape index (κ2) is 8.67. The summed E-state index contributed by atoms with van der Waals surface area (Å²) in [5.74, 6) is 0.611. The molecule has 1 N–H and O–H groups in total. The topological polar surface area (TPSA) is 90.0 Å². The van der Waals surface area contributed by atoms with Crippen molar-refractivity contribution in [1.29, 1.82) is 0 Å². The maximum absolute atomic E-state index is 13.2. The zero-order chi connectivity index (χ0) is 23.2. The van der Waals surface area contributed by atoms with Gasteiger partial charge in [-0.1, -0.05) is 31.4 Å². The molecule has 9 heteroatoms. The molecule has 0 unspecified atom stereocenters. The van der Waals surface area contributed by atoms with Crippen molar-refractivity contribution in [2.75, 3.05) is 32.8 Å². The van der Waals surface area contributed by atoms with Crippen LogP contribution < -0.4 is 5.32 Å². The first-order valence-corrected chi connectivity index (χ1v) is 13.7. The third kappa shape index (κ3) is 4.31. The van der Waals surface area contributed by atoms with Crippen LogP contribution in [0.15, 0.2) is 29.2 Å². The predicted octanol–water partition coefficient (Wildman–Crippen LogP) is 2.72. The molecule has 0 radical (unpaired) electrons. The number of benzene rings is 1. The molecule has 2 aliphatic carbocycles. The second-order valence-corrected chi connectivity index (χ2v) is 12.1. The molecule has 2 heterocycles. The molecule has 3 amide bonds. The molecule has 2 saturated carbocycles. The molecule has 1 aromatic rings. The predicted molar refractivity (Wildman–Crippen MR) is 124 cm³/mol. The zero-order valence-electron chi connectivity index (χ0n) is 19.3. The number of urea groups is 1. The van der Waals surface area contributed by atoms with E-state index in [4.69, 9.17) is 0 Å². The summed E-state index contributed by atoms with van der Waals surface area (Å²) in [5, 5.41) is 2.87. The molecule has 8 nitrogen and oxygen atoms in total. The van der Waals surface area contributed by atoms with Gasteiger partial charge in [0.05, 0.1) is 11.6 Å². The van der Waals surface area contributed by atoms with Gasteiger partial charge in [0.1, 0.15) is 5.54 Å². The highest BCUT2D eigenvalue weighted by Gasteiger charge is 2.56. The number of rotatable bonds is 6. The van der Waals surface area contributed by atoms with Gasteiger partial charge >= 0.3 is 6.03 Å². The smallest absolute Gasteiger partial charge is 0.323 e. The van der Waals surface area contributed by atoms with E-state index in [1.807, 2.05) is 24.0 Å². The largest absolute Gasteiger partial charge is 0.326 e. The summed E-state index contributed by atoms with van der Waals surface area (Å²) in [7, 11) is -3.56. The lowest BCUT2D eigenvalue weighted by Gasteiger charge is -2.35. The van der Waals surface area contributed by atoms with Crippen molar-refractivity contribution in [2.45, 2.75) is 68.2 Å². The van der Waals surface area contributed by atoms with Gasteiger partial charge in [-0.05, 0) is 62.1 Å². The molecule has 1 aromatic carbocycles. The lowest BCUT2D eigenvalue weighted by atomic mass is 9.84. The van der Waals surface area contributed by atoms with Crippen LogP contribution in [0.3, 0.4) is 0 Å². The van der Waals surface area contributed by atoms with Crippen LogP contribution in [0.4, 0.5) is 4.79 Å². The minimum absolute atomic E-state index is 0.164. The highest BCUT2D eigenvalue weighted by atomic mass is 32.2. The van der Waals surface area contributed by atoms with Crippen LogP contribution in [0.2, 0.25) is 0 Å². The van der Waals surface area contributed by atoms with E-state index in [9.17, 15) is 18.0 Å². The lowest BCUT2D eigenvalue weighted by molar-refractivity contribution is -0.133. The van der Waals surface area contributed by atoms with Crippen molar-refractivity contribution in [3.63, 3.8) is 0 Å². The Bertz CT molecular complexity index is 1010. The summed E-state index contributed by atoms with van der Waals surface area (Å²) in [6.45, 7) is 3.67. The molecule has 4 fully saturated rings. The number of carbonyl (C=O) groups is 2. The number of piperazine rings is 1. The molecule has 5 rings (SSSR count). The van der Waals surface area contributed by atoms with E-state index in [0.29, 0.717) is 37.0 Å². The summed E-state index contributed by atoms with van der Waals surface area (Å²) in [6.07, 6.45) is 8.10. The molecule has 180 valence electrons. The number of nitrogens with one attached hydrogen (secondary N) is 1. The number of hydrogen-bond donors (Lipinski definition) is 1. The number of amides is 3. The van der Waals surface area contributed by atoms with Crippen LogP contribution in [0.25, 0.3) is 0 Å². The fraction of sp³-hybridized carbons (Fsp3) is 0.667. The fourth-order valence-corrected chi connectivity index (χ4v) is 7.01. The first-order valence-electron chi connectivity index (χ1n) is 12.3. The first kappa shape index (κ1) is 22.8. The highest BCUT2D eigenvalue weighted by molar-refractivity contribution is 7.89. The Kier molecular flexibility index (Phi) is 5.99. The lowest BCUT2D eigenvalue weighted by Crippen LogP contribution is -2.53. The van der Waals surface area contributed by atoms with Gasteiger partial charge in [0.15, 0.2) is 0 Å². The summed E-state index contributed by atoms with van der Waals surface area (Å²) < 4.78 is 27.9. The third-order valence-electron chi connectivity index (χ3n) is 7.96. The molecule has 1 atom stereocenters. The summed E-state index contributed by atoms with van der Waals surface area (Å²) in [4.78, 5) is 28.9. The van der Waals surface area contributed by atoms with Crippen molar-refractivity contribution in [1.82, 2.24) is 19.4 Å². The maximum Gasteiger partial charge on any atom is 0.326 e. The van der Waals surface area contributed by atoms with Gasteiger partial charge in [0.25, 0.3) is 5.91 Å². The number of imide groups is 1. The van der Waals surface area contributed by atoms with Gasteiger partial charge in [0, 0.05) is 26.2 Å². The molecule has 0 spiro atoms. The average Bonchev–Trinajstić information content (AvgIpc) is 3.66. The summed E-state index contributed by atoms with van der Waals surface area (Å²) in [6, 6.07) is 7.11. The molecule has 33 heavy (non-hydrogen) atoms. The first-order chi connectivity index (χ1) is 15.8. The van der Waals surface area contributed by atoms with Crippen LogP contribution in [-0.2, 0) is 14.8 Å². The maximum atomic E-state index is 13.2. The van der Waals surface area contributed by atoms with Gasteiger partial charge in [0.2, 0.25) is 10.0 Å². The molecular formula is C24H34N4O4S. The molecule has 0 aromatic heterocycles. The second-order valence-electron chi connectivity index (χ2n) is 10.2. The fourth-order valence-electron chi connectivity index (χ4n) is 5.59. The van der Waals surface area contributed by atoms with Gasteiger partial charge in [-0.3, -0.25) is 9.69 Å². The third-order valence-corrected chi connectivity index (χ3v) is 9.88. The van der Waals surface area contributed by atoms with Crippen LogP contribution in [0.1, 0.15) is 63.4 Å². The number of hydrogen-bond acceptors (Lipinski definition) is 5. The van der Waals surface area contributed by atoms with E-state index in [1.165, 1.54) is 46.9 Å². The van der Waals surface area contributed by atoms with E-state index >= 15 is 0 Å². The Morgan fingerprint density at radius 3 is 2.18 bits per heavy atom. The van der Waals surface area contributed by atoms with Crippen molar-refractivity contribution < 1.29 is 18.0 Å². The molecular weight excluding hydrogens is 440 g/mol. The van der Waals surface area contributed by atoms with E-state index < -0.39 is 15.6 Å². The van der Waals surface area contributed by atoms with Gasteiger partial charge in [-0.15, -0.1) is 0 Å². The van der Waals surface area contributed by atoms with E-state index in [1.54, 1.807) is 12.1 Å². The Morgan fingerprint density at radius 1 is 0.939 bits per heavy atom. The summed E-state index contributed by atoms with van der Waals surface area (Å²) in [5.41, 5.74) is 0.455. The minimum atomic E-state index is -3.56. The molecule has 0 bridgehead atoms. The van der Waals surface area contributed by atoms with Crippen LogP contribution >= 0.6 is 0 Å². The van der Waals surface area contributed by atoms with Gasteiger partial charge < -0.3 is 5.32 Å². The zero-order valence-corrected chi connectivity index (χ0v) is 20.1. The molecule has 2 aliphatic heterocycles. The van der Waals surface area contributed by atoms with E-state index in [-0.39, 0.29) is 24.5 Å². The molecule has 2 saturated heterocycles. The Balaban J connectivity index is 1.18. The van der Waals surface area contributed by atoms with Gasteiger partial charge in [-0.25, -0.2) is 18.1 Å². The number of sulfonamides is 1. The Morgan fingerprint density at radius 2 is 1.58 bits per heavy atom.